The van der Waals surface area contributed by atoms with Gasteiger partial charge < -0.3 is 15.0 Å². The van der Waals surface area contributed by atoms with Gasteiger partial charge in [-0.05, 0) is 36.5 Å². The van der Waals surface area contributed by atoms with E-state index < -0.39 is 17.2 Å². The molecule has 2 aromatic rings. The molecule has 1 aromatic heterocycles. The Hall–Kier alpha value is -2.56. The lowest BCUT2D eigenvalue weighted by molar-refractivity contribution is 0.0929. The summed E-state index contributed by atoms with van der Waals surface area (Å²) >= 11 is 0. The van der Waals surface area contributed by atoms with Crippen molar-refractivity contribution in [3.8, 4) is 5.75 Å². The molecule has 1 aliphatic rings. The third kappa shape index (κ3) is 2.50. The third-order valence-corrected chi connectivity index (χ3v) is 4.16. The maximum atomic E-state index is 12.4. The van der Waals surface area contributed by atoms with Crippen LogP contribution in [0.4, 0.5) is 0 Å². The van der Waals surface area contributed by atoms with Crippen LogP contribution in [-0.2, 0) is 13.5 Å². The van der Waals surface area contributed by atoms with Crippen molar-refractivity contribution in [2.45, 2.75) is 25.3 Å². The van der Waals surface area contributed by atoms with E-state index in [4.69, 9.17) is 0 Å². The monoisotopic (exact) mass is 298 g/mol. The Labute approximate surface area is 128 Å². The zero-order valence-electron chi connectivity index (χ0n) is 12.4. The van der Waals surface area contributed by atoms with Crippen LogP contribution in [0.5, 0.6) is 5.75 Å². The number of fused-ring (bicyclic) bond motifs is 1. The number of aromatic hydroxyl groups is 1. The molecule has 1 atom stereocenters. The second kappa shape index (κ2) is 5.67. The number of aryl methyl sites for hydroxylation is 2. The molecule has 1 unspecified atom stereocenters. The Morgan fingerprint density at radius 1 is 1.32 bits per heavy atom. The average Bonchev–Trinajstić information content (AvgIpc) is 2.53. The summed E-state index contributed by atoms with van der Waals surface area (Å²) in [6.07, 6.45) is 4.35. The molecule has 3 rings (SSSR count). The lowest BCUT2D eigenvalue weighted by Crippen LogP contribution is -2.32. The molecule has 1 amide bonds. The molecule has 0 saturated carbocycles. The Morgan fingerprint density at radius 2 is 2.09 bits per heavy atom. The van der Waals surface area contributed by atoms with Crippen LogP contribution in [0.2, 0.25) is 0 Å². The molecule has 5 nitrogen and oxygen atoms in total. The van der Waals surface area contributed by atoms with Gasteiger partial charge in [0.1, 0.15) is 0 Å². The molecule has 1 aliphatic carbocycles. The predicted molar refractivity (Wildman–Crippen MR) is 82.9 cm³/mol. The SMILES string of the molecule is Cn1ccc(C(=O)NC2CCCc3ccccc32)c(O)c1=O. The summed E-state index contributed by atoms with van der Waals surface area (Å²) in [5, 5.41) is 12.8. The number of rotatable bonds is 2. The average molecular weight is 298 g/mol. The van der Waals surface area contributed by atoms with Crippen molar-refractivity contribution < 1.29 is 9.90 Å². The minimum absolute atomic E-state index is 0.0196. The van der Waals surface area contributed by atoms with Gasteiger partial charge >= 0.3 is 0 Å². The van der Waals surface area contributed by atoms with Crippen LogP contribution >= 0.6 is 0 Å². The van der Waals surface area contributed by atoms with E-state index in [9.17, 15) is 14.7 Å². The van der Waals surface area contributed by atoms with Gasteiger partial charge in [0.25, 0.3) is 11.5 Å². The first-order valence-corrected chi connectivity index (χ1v) is 7.35. The highest BCUT2D eigenvalue weighted by Crippen LogP contribution is 2.29. The minimum Gasteiger partial charge on any atom is -0.502 e. The Bertz CT molecular complexity index is 780. The first kappa shape index (κ1) is 14.4. The Morgan fingerprint density at radius 3 is 2.91 bits per heavy atom. The van der Waals surface area contributed by atoms with Crippen LogP contribution in [0.3, 0.4) is 0 Å². The van der Waals surface area contributed by atoms with Crippen molar-refractivity contribution in [3.63, 3.8) is 0 Å². The van der Waals surface area contributed by atoms with E-state index in [1.807, 2.05) is 18.2 Å². The molecule has 0 radical (unpaired) electrons. The number of carbonyl (C=O) groups excluding carboxylic acids is 1. The molecule has 0 aliphatic heterocycles. The van der Waals surface area contributed by atoms with Gasteiger partial charge in [0.2, 0.25) is 0 Å². The summed E-state index contributed by atoms with van der Waals surface area (Å²) in [6.45, 7) is 0. The molecule has 5 heteroatoms. The number of benzene rings is 1. The highest BCUT2D eigenvalue weighted by Gasteiger charge is 2.23. The van der Waals surface area contributed by atoms with Crippen LogP contribution in [0.1, 0.15) is 40.4 Å². The van der Waals surface area contributed by atoms with Crippen molar-refractivity contribution in [1.82, 2.24) is 9.88 Å². The fourth-order valence-electron chi connectivity index (χ4n) is 2.94. The molecular weight excluding hydrogens is 280 g/mol. The highest BCUT2D eigenvalue weighted by atomic mass is 16.3. The van der Waals surface area contributed by atoms with E-state index in [0.29, 0.717) is 0 Å². The van der Waals surface area contributed by atoms with Crippen molar-refractivity contribution in [2.75, 3.05) is 0 Å². The smallest absolute Gasteiger partial charge is 0.293 e. The lowest BCUT2D eigenvalue weighted by atomic mass is 9.87. The topological polar surface area (TPSA) is 71.3 Å². The van der Waals surface area contributed by atoms with Gasteiger partial charge in [0, 0.05) is 13.2 Å². The summed E-state index contributed by atoms with van der Waals surface area (Å²) < 4.78 is 1.24. The number of aromatic nitrogens is 1. The number of pyridine rings is 1. The molecule has 1 aromatic carbocycles. The zero-order valence-corrected chi connectivity index (χ0v) is 12.4. The minimum atomic E-state index is -0.573. The van der Waals surface area contributed by atoms with Crippen LogP contribution in [0, 0.1) is 0 Å². The maximum absolute atomic E-state index is 12.4. The van der Waals surface area contributed by atoms with Gasteiger partial charge in [0.05, 0.1) is 11.6 Å². The number of nitrogens with one attached hydrogen (secondary N) is 1. The van der Waals surface area contributed by atoms with E-state index in [1.54, 1.807) is 0 Å². The predicted octanol–water partition coefficient (Wildman–Crippen LogP) is 1.90. The normalized spacial score (nSPS) is 16.9. The third-order valence-electron chi connectivity index (χ3n) is 4.16. The zero-order chi connectivity index (χ0) is 15.7. The van der Waals surface area contributed by atoms with E-state index in [1.165, 1.54) is 29.4 Å². The number of carbonyl (C=O) groups is 1. The van der Waals surface area contributed by atoms with Gasteiger partial charge in [-0.2, -0.15) is 0 Å². The van der Waals surface area contributed by atoms with Crippen molar-refractivity contribution in [2.24, 2.45) is 7.05 Å². The summed E-state index contributed by atoms with van der Waals surface area (Å²) in [5.74, 6) is -0.927. The standard InChI is InChI=1S/C17H18N2O3/c1-19-10-9-13(15(20)17(19)22)16(21)18-14-8-4-6-11-5-2-3-7-12(11)14/h2-3,5,7,9-10,14,20H,4,6,8H2,1H3,(H,18,21). The quantitative estimate of drug-likeness (QED) is 0.889. The van der Waals surface area contributed by atoms with E-state index in [0.717, 1.165) is 24.8 Å². The summed E-state index contributed by atoms with van der Waals surface area (Å²) in [5.41, 5.74) is 1.81. The van der Waals surface area contributed by atoms with E-state index >= 15 is 0 Å². The largest absolute Gasteiger partial charge is 0.502 e. The van der Waals surface area contributed by atoms with Crippen LogP contribution in [0.25, 0.3) is 0 Å². The number of amides is 1. The summed E-state index contributed by atoms with van der Waals surface area (Å²) in [6, 6.07) is 9.42. The van der Waals surface area contributed by atoms with Crippen LogP contribution < -0.4 is 10.9 Å². The Balaban J connectivity index is 1.87. The molecule has 0 saturated heterocycles. The number of hydrogen-bond donors (Lipinski definition) is 2. The molecular formula is C17H18N2O3. The van der Waals surface area contributed by atoms with Crippen molar-refractivity contribution in [1.29, 1.82) is 0 Å². The van der Waals surface area contributed by atoms with Crippen molar-refractivity contribution >= 4 is 5.91 Å². The fourth-order valence-corrected chi connectivity index (χ4v) is 2.94. The maximum Gasteiger partial charge on any atom is 0.293 e. The lowest BCUT2D eigenvalue weighted by Gasteiger charge is -2.26. The van der Waals surface area contributed by atoms with Gasteiger partial charge in [-0.15, -0.1) is 0 Å². The summed E-state index contributed by atoms with van der Waals surface area (Å²) in [4.78, 5) is 24.1. The molecule has 0 spiro atoms. The molecule has 22 heavy (non-hydrogen) atoms. The number of hydrogen-bond acceptors (Lipinski definition) is 3. The second-order valence-electron chi connectivity index (χ2n) is 5.61. The second-order valence-corrected chi connectivity index (χ2v) is 5.61. The Kier molecular flexibility index (Phi) is 3.71. The van der Waals surface area contributed by atoms with E-state index in [-0.39, 0.29) is 11.6 Å². The van der Waals surface area contributed by atoms with Gasteiger partial charge in [-0.3, -0.25) is 9.59 Å². The van der Waals surface area contributed by atoms with E-state index in [2.05, 4.69) is 11.4 Å². The highest BCUT2D eigenvalue weighted by molar-refractivity contribution is 5.96. The van der Waals surface area contributed by atoms with Gasteiger partial charge in [-0.1, -0.05) is 24.3 Å². The van der Waals surface area contributed by atoms with Crippen LogP contribution in [0.15, 0.2) is 41.3 Å². The van der Waals surface area contributed by atoms with Gasteiger partial charge in [-0.25, -0.2) is 0 Å². The molecule has 2 N–H and O–H groups in total. The molecule has 0 bridgehead atoms. The van der Waals surface area contributed by atoms with Gasteiger partial charge in [0.15, 0.2) is 5.75 Å². The van der Waals surface area contributed by atoms with Crippen molar-refractivity contribution in [3.05, 3.63) is 63.6 Å². The number of nitrogens with zero attached hydrogens (tertiary/aromatic N) is 1. The van der Waals surface area contributed by atoms with Crippen LogP contribution in [-0.4, -0.2) is 15.6 Å². The molecule has 1 heterocycles. The first-order chi connectivity index (χ1) is 10.6. The molecule has 114 valence electrons. The fraction of sp³-hybridized carbons (Fsp3) is 0.294. The first-order valence-electron chi connectivity index (χ1n) is 7.35. The summed E-state index contributed by atoms with van der Waals surface area (Å²) in [7, 11) is 1.53. The molecule has 0 fully saturated rings.